The van der Waals surface area contributed by atoms with Gasteiger partial charge in [-0.1, -0.05) is 30.3 Å². The molecular weight excluding hydrogens is 196 g/mol. The van der Waals surface area contributed by atoms with Crippen molar-refractivity contribution in [1.82, 2.24) is 0 Å². The van der Waals surface area contributed by atoms with Crippen molar-refractivity contribution in [2.45, 2.75) is 37.9 Å². The normalized spacial score (nSPS) is 35.2. The molecule has 1 aromatic carbocycles. The highest BCUT2D eigenvalue weighted by Crippen LogP contribution is 2.54. The van der Waals surface area contributed by atoms with Crippen LogP contribution in [0.1, 0.15) is 49.0 Å². The minimum Gasteiger partial charge on any atom is -0.361 e. The highest BCUT2D eigenvalue weighted by Gasteiger charge is 2.42. The molecule has 3 unspecified atom stereocenters. The van der Waals surface area contributed by atoms with Crippen LogP contribution < -0.4 is 0 Å². The lowest BCUT2D eigenvalue weighted by atomic mass is 9.81. The average molecular weight is 212 g/mol. The van der Waals surface area contributed by atoms with Gasteiger partial charge in [0.2, 0.25) is 0 Å². The Morgan fingerprint density at radius 3 is 2.94 bits per heavy atom. The van der Waals surface area contributed by atoms with Gasteiger partial charge in [0, 0.05) is 0 Å². The van der Waals surface area contributed by atoms with Gasteiger partial charge in [-0.2, -0.15) is 0 Å². The van der Waals surface area contributed by atoms with Crippen LogP contribution >= 0.6 is 0 Å². The fourth-order valence-electron chi connectivity index (χ4n) is 3.59. The SMILES string of the molecule is C1=C2C(CCC1)CC1OC2c2ccccc21. The van der Waals surface area contributed by atoms with Crippen molar-refractivity contribution in [1.29, 1.82) is 0 Å². The summed E-state index contributed by atoms with van der Waals surface area (Å²) in [5, 5.41) is 0. The first kappa shape index (κ1) is 9.00. The number of hydrogen-bond acceptors (Lipinski definition) is 1. The predicted molar refractivity (Wildman–Crippen MR) is 63.1 cm³/mol. The van der Waals surface area contributed by atoms with Gasteiger partial charge in [0.1, 0.15) is 6.10 Å². The van der Waals surface area contributed by atoms with E-state index < -0.39 is 0 Å². The third-order valence-corrected chi connectivity index (χ3v) is 4.34. The van der Waals surface area contributed by atoms with Gasteiger partial charge in [0.25, 0.3) is 0 Å². The molecule has 0 aromatic heterocycles. The molecule has 0 radical (unpaired) electrons. The van der Waals surface area contributed by atoms with Crippen LogP contribution in [0, 0.1) is 5.92 Å². The maximum absolute atomic E-state index is 6.17. The molecule has 0 amide bonds. The fraction of sp³-hybridized carbons (Fsp3) is 0.467. The maximum atomic E-state index is 6.17. The van der Waals surface area contributed by atoms with Gasteiger partial charge in [0.15, 0.2) is 0 Å². The second-order valence-electron chi connectivity index (χ2n) is 5.20. The van der Waals surface area contributed by atoms with E-state index in [1.54, 1.807) is 5.57 Å². The van der Waals surface area contributed by atoms with Crippen molar-refractivity contribution in [3.05, 3.63) is 47.0 Å². The lowest BCUT2D eigenvalue weighted by Crippen LogP contribution is -2.21. The summed E-state index contributed by atoms with van der Waals surface area (Å²) in [5.74, 6) is 0.796. The van der Waals surface area contributed by atoms with Gasteiger partial charge in [-0.3, -0.25) is 0 Å². The third-order valence-electron chi connectivity index (χ3n) is 4.34. The van der Waals surface area contributed by atoms with Gasteiger partial charge in [0.05, 0.1) is 6.10 Å². The van der Waals surface area contributed by atoms with Gasteiger partial charge >= 0.3 is 0 Å². The first-order valence-electron chi connectivity index (χ1n) is 6.38. The molecule has 2 aliphatic heterocycles. The molecule has 2 bridgehead atoms. The van der Waals surface area contributed by atoms with Crippen LogP contribution in [0.3, 0.4) is 0 Å². The molecule has 0 spiro atoms. The summed E-state index contributed by atoms with van der Waals surface area (Å²) in [4.78, 5) is 0. The van der Waals surface area contributed by atoms with Crippen molar-refractivity contribution in [3.8, 4) is 0 Å². The van der Waals surface area contributed by atoms with E-state index in [9.17, 15) is 0 Å². The van der Waals surface area contributed by atoms with E-state index in [2.05, 4.69) is 30.3 Å². The number of benzene rings is 1. The summed E-state index contributed by atoms with van der Waals surface area (Å²) in [6, 6.07) is 8.78. The molecule has 1 nitrogen and oxygen atoms in total. The molecule has 3 aliphatic rings. The summed E-state index contributed by atoms with van der Waals surface area (Å²) < 4.78 is 6.17. The van der Waals surface area contributed by atoms with Gasteiger partial charge in [-0.15, -0.1) is 0 Å². The molecular formula is C15H16O. The average Bonchev–Trinajstić information content (AvgIpc) is 2.65. The van der Waals surface area contributed by atoms with Crippen LogP contribution in [0.5, 0.6) is 0 Å². The first-order chi connectivity index (χ1) is 7.93. The Hall–Kier alpha value is -1.08. The molecule has 1 heteroatoms. The molecule has 1 aromatic rings. The van der Waals surface area contributed by atoms with Gasteiger partial charge in [-0.05, 0) is 48.3 Å². The number of ether oxygens (including phenoxy) is 1. The number of rotatable bonds is 0. The molecule has 1 aliphatic carbocycles. The lowest BCUT2D eigenvalue weighted by Gasteiger charge is -2.34. The molecule has 1 fully saturated rings. The van der Waals surface area contributed by atoms with Gasteiger partial charge in [-0.25, -0.2) is 0 Å². The van der Waals surface area contributed by atoms with Crippen LogP contribution in [0.15, 0.2) is 35.9 Å². The Kier molecular flexibility index (Phi) is 1.80. The largest absolute Gasteiger partial charge is 0.361 e. The second-order valence-corrected chi connectivity index (χ2v) is 5.20. The molecule has 3 atom stereocenters. The monoisotopic (exact) mass is 212 g/mol. The van der Waals surface area contributed by atoms with Crippen LogP contribution in [-0.4, -0.2) is 0 Å². The predicted octanol–water partition coefficient (Wildman–Crippen LogP) is 3.93. The van der Waals surface area contributed by atoms with E-state index in [1.807, 2.05) is 0 Å². The van der Waals surface area contributed by atoms with E-state index in [-0.39, 0.29) is 0 Å². The third kappa shape index (κ3) is 1.10. The standard InChI is InChI=1S/C15H16O/c1-2-6-11-10(5-1)9-14-12-7-3-4-8-13(12)15(11)16-14/h3-4,6-8,10,14-15H,1-2,5,9H2. The molecule has 0 saturated carbocycles. The van der Waals surface area contributed by atoms with Crippen LogP contribution in [0.4, 0.5) is 0 Å². The van der Waals surface area contributed by atoms with Crippen molar-refractivity contribution < 1.29 is 4.74 Å². The second kappa shape index (κ2) is 3.21. The number of hydrogen-bond donors (Lipinski definition) is 0. The molecule has 16 heavy (non-hydrogen) atoms. The Morgan fingerprint density at radius 2 is 2.00 bits per heavy atom. The summed E-state index contributed by atoms with van der Waals surface area (Å²) in [5.41, 5.74) is 4.46. The molecule has 2 heterocycles. The quantitative estimate of drug-likeness (QED) is 0.592. The Labute approximate surface area is 96.1 Å². The van der Waals surface area contributed by atoms with E-state index in [4.69, 9.17) is 4.74 Å². The van der Waals surface area contributed by atoms with Crippen molar-refractivity contribution in [2.75, 3.05) is 0 Å². The number of allylic oxidation sites excluding steroid dienone is 1. The smallest absolute Gasteiger partial charge is 0.105 e. The fourth-order valence-corrected chi connectivity index (χ4v) is 3.59. The van der Waals surface area contributed by atoms with Gasteiger partial charge < -0.3 is 4.74 Å². The zero-order valence-corrected chi connectivity index (χ0v) is 9.36. The Bertz CT molecular complexity index is 460. The van der Waals surface area contributed by atoms with Crippen molar-refractivity contribution in [2.24, 2.45) is 5.92 Å². The minimum atomic E-state index is 0.292. The summed E-state index contributed by atoms with van der Waals surface area (Å²) >= 11 is 0. The maximum Gasteiger partial charge on any atom is 0.105 e. The zero-order valence-electron chi connectivity index (χ0n) is 9.36. The topological polar surface area (TPSA) is 9.23 Å². The van der Waals surface area contributed by atoms with Crippen molar-refractivity contribution >= 4 is 0 Å². The van der Waals surface area contributed by atoms with Crippen LogP contribution in [0.25, 0.3) is 0 Å². The lowest BCUT2D eigenvalue weighted by molar-refractivity contribution is -0.0171. The van der Waals surface area contributed by atoms with E-state index >= 15 is 0 Å². The number of fused-ring (bicyclic) bond motifs is 7. The van der Waals surface area contributed by atoms with E-state index in [1.165, 1.54) is 36.8 Å². The Balaban J connectivity index is 1.86. The Morgan fingerprint density at radius 1 is 1.12 bits per heavy atom. The zero-order chi connectivity index (χ0) is 10.5. The first-order valence-corrected chi connectivity index (χ1v) is 6.38. The highest BCUT2D eigenvalue weighted by atomic mass is 16.5. The summed E-state index contributed by atoms with van der Waals surface area (Å²) in [7, 11) is 0. The molecule has 0 N–H and O–H groups in total. The van der Waals surface area contributed by atoms with Crippen LogP contribution in [-0.2, 0) is 4.74 Å². The molecule has 4 rings (SSSR count). The summed E-state index contributed by atoms with van der Waals surface area (Å²) in [6.07, 6.45) is 8.30. The highest BCUT2D eigenvalue weighted by molar-refractivity contribution is 5.42. The van der Waals surface area contributed by atoms with E-state index in [0.717, 1.165) is 5.92 Å². The minimum absolute atomic E-state index is 0.292. The van der Waals surface area contributed by atoms with Crippen molar-refractivity contribution in [3.63, 3.8) is 0 Å². The summed E-state index contributed by atoms with van der Waals surface area (Å²) in [6.45, 7) is 0. The van der Waals surface area contributed by atoms with Crippen LogP contribution in [0.2, 0.25) is 0 Å². The molecule has 1 saturated heterocycles. The van der Waals surface area contributed by atoms with E-state index in [0.29, 0.717) is 12.2 Å². The molecule has 82 valence electrons.